The number of benzene rings is 3. The van der Waals surface area contributed by atoms with Gasteiger partial charge in [0.15, 0.2) is 0 Å². The summed E-state index contributed by atoms with van der Waals surface area (Å²) >= 11 is 0. The van der Waals surface area contributed by atoms with E-state index in [9.17, 15) is 14.4 Å². The molecule has 0 unspecified atom stereocenters. The van der Waals surface area contributed by atoms with Gasteiger partial charge in [0.25, 0.3) is 0 Å². The third-order valence-electron chi connectivity index (χ3n) is 7.32. The molecule has 0 aliphatic carbocycles. The van der Waals surface area contributed by atoms with Crippen LogP contribution in [-0.4, -0.2) is 24.1 Å². The molecule has 1 amide bonds. The van der Waals surface area contributed by atoms with Crippen LogP contribution in [-0.2, 0) is 4.79 Å². The average molecular weight is 599 g/mol. The van der Waals surface area contributed by atoms with Gasteiger partial charge in [0.2, 0.25) is 5.91 Å². The van der Waals surface area contributed by atoms with Gasteiger partial charge in [-0.05, 0) is 42.8 Å². The molecule has 3 rings (SSSR count). The Morgan fingerprint density at radius 3 is 1.68 bits per heavy atom. The van der Waals surface area contributed by atoms with E-state index in [2.05, 4.69) is 17.5 Å². The molecule has 44 heavy (non-hydrogen) atoms. The molecule has 0 aliphatic rings. The van der Waals surface area contributed by atoms with E-state index in [1.165, 1.54) is 76.5 Å². The lowest BCUT2D eigenvalue weighted by atomic mass is 10.0. The third-order valence-corrected chi connectivity index (χ3v) is 7.32. The molecular formula is C37H46N2O5. The number of nitrogens with one attached hydrogen (secondary N) is 1. The zero-order chi connectivity index (χ0) is 31.2. The van der Waals surface area contributed by atoms with E-state index in [1.54, 1.807) is 66.7 Å². The van der Waals surface area contributed by atoms with Gasteiger partial charge in [-0.15, -0.1) is 0 Å². The zero-order valence-electron chi connectivity index (χ0n) is 26.0. The fraction of sp³-hybridized carbons (Fsp3) is 0.405. The van der Waals surface area contributed by atoms with Crippen LogP contribution in [0.5, 0.6) is 11.5 Å². The van der Waals surface area contributed by atoms with Crippen LogP contribution < -0.4 is 14.9 Å². The van der Waals surface area contributed by atoms with Gasteiger partial charge >= 0.3 is 11.9 Å². The lowest BCUT2D eigenvalue weighted by Gasteiger charge is -2.10. The number of hydrogen-bond donors (Lipinski definition) is 1. The van der Waals surface area contributed by atoms with Gasteiger partial charge in [0.05, 0.1) is 17.3 Å². The van der Waals surface area contributed by atoms with Crippen LogP contribution in [0.15, 0.2) is 84.0 Å². The number of hydrazone groups is 1. The predicted molar refractivity (Wildman–Crippen MR) is 175 cm³/mol. The minimum absolute atomic E-state index is 0.145. The minimum atomic E-state index is -0.571. The van der Waals surface area contributed by atoms with E-state index >= 15 is 0 Å². The summed E-state index contributed by atoms with van der Waals surface area (Å²) in [7, 11) is 0. The summed E-state index contributed by atoms with van der Waals surface area (Å²) in [4.78, 5) is 37.6. The van der Waals surface area contributed by atoms with Gasteiger partial charge in [-0.25, -0.2) is 15.0 Å². The van der Waals surface area contributed by atoms with E-state index in [-0.39, 0.29) is 17.4 Å². The highest BCUT2D eigenvalue weighted by atomic mass is 16.5. The molecule has 0 bridgehead atoms. The quantitative estimate of drug-likeness (QED) is 0.0460. The second kappa shape index (κ2) is 20.6. The van der Waals surface area contributed by atoms with E-state index < -0.39 is 11.9 Å². The Morgan fingerprint density at radius 1 is 0.636 bits per heavy atom. The summed E-state index contributed by atoms with van der Waals surface area (Å²) in [5.74, 6) is -0.920. The van der Waals surface area contributed by atoms with Gasteiger partial charge in [0, 0.05) is 18.1 Å². The molecule has 3 aromatic rings. The smallest absolute Gasteiger partial charge is 0.343 e. The highest BCUT2D eigenvalue weighted by molar-refractivity contribution is 5.94. The van der Waals surface area contributed by atoms with Gasteiger partial charge in [-0.1, -0.05) is 120 Å². The van der Waals surface area contributed by atoms with E-state index in [0.29, 0.717) is 23.1 Å². The fourth-order valence-electron chi connectivity index (χ4n) is 4.78. The van der Waals surface area contributed by atoms with E-state index in [4.69, 9.17) is 9.47 Å². The van der Waals surface area contributed by atoms with Crippen molar-refractivity contribution in [3.8, 4) is 11.5 Å². The van der Waals surface area contributed by atoms with Crippen LogP contribution in [0.3, 0.4) is 0 Å². The summed E-state index contributed by atoms with van der Waals surface area (Å²) in [6, 6.07) is 21.8. The van der Waals surface area contributed by atoms with Crippen molar-refractivity contribution in [1.29, 1.82) is 0 Å². The molecular weight excluding hydrogens is 552 g/mol. The summed E-state index contributed by atoms with van der Waals surface area (Å²) in [6.07, 6.45) is 18.1. The molecule has 0 heterocycles. The number of carbonyl (C=O) groups is 3. The molecule has 0 aromatic heterocycles. The van der Waals surface area contributed by atoms with Gasteiger partial charge < -0.3 is 9.47 Å². The molecule has 0 saturated carbocycles. The Labute approximate surface area is 262 Å². The highest BCUT2D eigenvalue weighted by Crippen LogP contribution is 2.26. The maximum Gasteiger partial charge on any atom is 0.343 e. The van der Waals surface area contributed by atoms with Gasteiger partial charge in [0.1, 0.15) is 11.5 Å². The monoisotopic (exact) mass is 598 g/mol. The van der Waals surface area contributed by atoms with E-state index in [0.717, 1.165) is 19.3 Å². The van der Waals surface area contributed by atoms with Gasteiger partial charge in [-0.3, -0.25) is 4.79 Å². The number of rotatable bonds is 20. The highest BCUT2D eigenvalue weighted by Gasteiger charge is 2.15. The van der Waals surface area contributed by atoms with Crippen molar-refractivity contribution in [1.82, 2.24) is 5.43 Å². The predicted octanol–water partition coefficient (Wildman–Crippen LogP) is 9.06. The second-order valence-corrected chi connectivity index (χ2v) is 11.0. The minimum Gasteiger partial charge on any atom is -0.423 e. The molecule has 7 nitrogen and oxygen atoms in total. The molecule has 0 fully saturated rings. The van der Waals surface area contributed by atoms with Crippen molar-refractivity contribution in [3.05, 3.63) is 95.6 Å². The van der Waals surface area contributed by atoms with Crippen LogP contribution >= 0.6 is 0 Å². The Bertz CT molecular complexity index is 1310. The SMILES string of the molecule is CCCCCCCCCCCCCCCC(=O)N/N=C/c1ccc(OC(=O)c2ccccc2)cc1OC(=O)c1ccccc1. The Hall–Kier alpha value is -4.26. The number of hydrogen-bond acceptors (Lipinski definition) is 6. The first-order valence-electron chi connectivity index (χ1n) is 16.1. The summed E-state index contributed by atoms with van der Waals surface area (Å²) in [5, 5.41) is 4.08. The summed E-state index contributed by atoms with van der Waals surface area (Å²) in [6.45, 7) is 2.25. The number of ether oxygens (including phenoxy) is 2. The van der Waals surface area contributed by atoms with E-state index in [1.807, 2.05) is 6.07 Å². The Balaban J connectivity index is 1.44. The molecule has 0 saturated heterocycles. The second-order valence-electron chi connectivity index (χ2n) is 11.0. The lowest BCUT2D eigenvalue weighted by Crippen LogP contribution is -2.17. The molecule has 3 aromatic carbocycles. The van der Waals surface area contributed by atoms with Crippen LogP contribution in [0.2, 0.25) is 0 Å². The van der Waals surface area contributed by atoms with Crippen molar-refractivity contribution in [2.45, 2.75) is 96.8 Å². The standard InChI is InChI=1S/C37H46N2O5/c1-2-3-4-5-6-7-8-9-10-11-12-13-20-25-35(40)39-38-29-32-26-27-33(43-36(41)30-21-16-14-17-22-30)28-34(32)44-37(42)31-23-18-15-19-24-31/h14-19,21-24,26-29H,2-13,20,25H2,1H3,(H,39,40)/b38-29+. The fourth-order valence-corrected chi connectivity index (χ4v) is 4.78. The first-order chi connectivity index (χ1) is 21.6. The van der Waals surface area contributed by atoms with Crippen LogP contribution in [0.1, 0.15) is 123 Å². The molecule has 234 valence electrons. The number of esters is 2. The number of nitrogens with zero attached hydrogens (tertiary/aromatic N) is 1. The molecule has 0 radical (unpaired) electrons. The average Bonchev–Trinajstić information content (AvgIpc) is 3.05. The molecule has 0 spiro atoms. The Morgan fingerprint density at radius 2 is 1.14 bits per heavy atom. The van der Waals surface area contributed by atoms with Crippen molar-refractivity contribution in [2.24, 2.45) is 5.10 Å². The van der Waals surface area contributed by atoms with Crippen molar-refractivity contribution >= 4 is 24.1 Å². The maximum atomic E-state index is 12.8. The number of carbonyl (C=O) groups excluding carboxylic acids is 3. The molecule has 7 heteroatoms. The first kappa shape index (κ1) is 34.2. The summed E-state index contributed by atoms with van der Waals surface area (Å²) in [5.41, 5.74) is 3.76. The summed E-state index contributed by atoms with van der Waals surface area (Å²) < 4.78 is 11.1. The number of amides is 1. The molecule has 1 N–H and O–H groups in total. The topological polar surface area (TPSA) is 94.1 Å². The Kier molecular flexibility index (Phi) is 16.0. The van der Waals surface area contributed by atoms with Crippen LogP contribution in [0.4, 0.5) is 0 Å². The molecule has 0 aliphatic heterocycles. The third kappa shape index (κ3) is 13.4. The number of unbranched alkanes of at least 4 members (excludes halogenated alkanes) is 12. The normalized spacial score (nSPS) is 10.9. The van der Waals surface area contributed by atoms with Crippen molar-refractivity contribution in [3.63, 3.8) is 0 Å². The van der Waals surface area contributed by atoms with Gasteiger partial charge in [-0.2, -0.15) is 5.10 Å². The first-order valence-corrected chi connectivity index (χ1v) is 16.1. The zero-order valence-corrected chi connectivity index (χ0v) is 26.0. The van der Waals surface area contributed by atoms with Crippen LogP contribution in [0, 0.1) is 0 Å². The van der Waals surface area contributed by atoms with Crippen molar-refractivity contribution < 1.29 is 23.9 Å². The maximum absolute atomic E-state index is 12.8. The largest absolute Gasteiger partial charge is 0.423 e. The lowest BCUT2D eigenvalue weighted by molar-refractivity contribution is -0.121. The van der Waals surface area contributed by atoms with Crippen molar-refractivity contribution in [2.75, 3.05) is 0 Å². The van der Waals surface area contributed by atoms with Crippen LogP contribution in [0.25, 0.3) is 0 Å². The molecule has 0 atom stereocenters.